The quantitative estimate of drug-likeness (QED) is 0.774. The molecule has 0 radical (unpaired) electrons. The number of ether oxygens (including phenoxy) is 1. The van der Waals surface area contributed by atoms with Crippen LogP contribution in [0.25, 0.3) is 0 Å². The molecule has 5 rings (SSSR count). The fourth-order valence-electron chi connectivity index (χ4n) is 4.45. The molecule has 2 aromatic carbocycles. The number of pyridine rings is 1. The Labute approximate surface area is 151 Å². The van der Waals surface area contributed by atoms with Gasteiger partial charge in [-0.15, -0.1) is 0 Å². The second-order valence-electron chi connectivity index (χ2n) is 6.88. The van der Waals surface area contributed by atoms with Crippen molar-refractivity contribution in [2.75, 3.05) is 7.11 Å². The number of carbonyl (C=O) groups excluding carboxylic acids is 1. The first-order chi connectivity index (χ1) is 12.7. The van der Waals surface area contributed by atoms with Gasteiger partial charge in [0.2, 0.25) is 0 Å². The SMILES string of the molecule is COc1ccc2c(c1)[C@@H](c1ccccc1)C[C@]21NC(=O)c2cccnc21. The topological polar surface area (TPSA) is 51.2 Å². The van der Waals surface area contributed by atoms with E-state index in [4.69, 9.17) is 4.74 Å². The zero-order valence-corrected chi connectivity index (χ0v) is 14.4. The third-order valence-corrected chi connectivity index (χ3v) is 5.59. The number of hydrogen-bond donors (Lipinski definition) is 1. The molecule has 2 heterocycles. The number of aromatic nitrogens is 1. The van der Waals surface area contributed by atoms with Crippen molar-refractivity contribution in [2.24, 2.45) is 0 Å². The van der Waals surface area contributed by atoms with Crippen LogP contribution in [0.3, 0.4) is 0 Å². The zero-order valence-electron chi connectivity index (χ0n) is 14.4. The second-order valence-corrected chi connectivity index (χ2v) is 6.88. The van der Waals surface area contributed by atoms with Crippen LogP contribution in [0, 0.1) is 0 Å². The van der Waals surface area contributed by atoms with E-state index in [-0.39, 0.29) is 11.8 Å². The molecule has 2 aliphatic rings. The Morgan fingerprint density at radius 3 is 2.77 bits per heavy atom. The number of rotatable bonds is 2. The minimum absolute atomic E-state index is 0.0522. The molecule has 128 valence electrons. The highest BCUT2D eigenvalue weighted by atomic mass is 16.5. The molecule has 26 heavy (non-hydrogen) atoms. The van der Waals surface area contributed by atoms with E-state index in [9.17, 15) is 4.79 Å². The number of hydrogen-bond acceptors (Lipinski definition) is 3. The van der Waals surface area contributed by atoms with Crippen LogP contribution in [-0.2, 0) is 5.54 Å². The maximum Gasteiger partial charge on any atom is 0.254 e. The van der Waals surface area contributed by atoms with Crippen LogP contribution in [-0.4, -0.2) is 18.0 Å². The van der Waals surface area contributed by atoms with Crippen LogP contribution >= 0.6 is 0 Å². The van der Waals surface area contributed by atoms with Gasteiger partial charge in [0, 0.05) is 12.1 Å². The normalized spacial score (nSPS) is 22.8. The van der Waals surface area contributed by atoms with Gasteiger partial charge in [0.1, 0.15) is 11.3 Å². The monoisotopic (exact) mass is 342 g/mol. The number of fused-ring (bicyclic) bond motifs is 4. The first kappa shape index (κ1) is 15.1. The maximum absolute atomic E-state index is 12.6. The number of benzene rings is 2. The lowest BCUT2D eigenvalue weighted by Crippen LogP contribution is -2.39. The lowest BCUT2D eigenvalue weighted by atomic mass is 9.87. The summed E-state index contributed by atoms with van der Waals surface area (Å²) in [6, 6.07) is 20.2. The molecule has 1 amide bonds. The first-order valence-electron chi connectivity index (χ1n) is 8.74. The summed E-state index contributed by atoms with van der Waals surface area (Å²) >= 11 is 0. The van der Waals surface area contributed by atoms with Crippen molar-refractivity contribution in [1.29, 1.82) is 0 Å². The van der Waals surface area contributed by atoms with Gasteiger partial charge in [-0.2, -0.15) is 0 Å². The van der Waals surface area contributed by atoms with Crippen molar-refractivity contribution in [3.05, 3.63) is 94.8 Å². The van der Waals surface area contributed by atoms with Gasteiger partial charge < -0.3 is 10.1 Å². The smallest absolute Gasteiger partial charge is 0.254 e. The summed E-state index contributed by atoms with van der Waals surface area (Å²) in [5.74, 6) is 0.949. The number of nitrogens with one attached hydrogen (secondary N) is 1. The van der Waals surface area contributed by atoms with Gasteiger partial charge in [0.15, 0.2) is 0 Å². The zero-order chi connectivity index (χ0) is 17.7. The van der Waals surface area contributed by atoms with E-state index in [2.05, 4.69) is 46.7 Å². The van der Waals surface area contributed by atoms with Crippen LogP contribution in [0.5, 0.6) is 5.75 Å². The Morgan fingerprint density at radius 2 is 1.96 bits per heavy atom. The molecule has 0 saturated carbocycles. The van der Waals surface area contributed by atoms with Gasteiger partial charge in [0.05, 0.1) is 18.4 Å². The lowest BCUT2D eigenvalue weighted by molar-refractivity contribution is 0.0940. The van der Waals surface area contributed by atoms with E-state index in [1.807, 2.05) is 24.3 Å². The number of nitrogens with zero attached hydrogens (tertiary/aromatic N) is 1. The summed E-state index contributed by atoms with van der Waals surface area (Å²) < 4.78 is 5.46. The Bertz CT molecular complexity index is 1020. The van der Waals surface area contributed by atoms with Crippen molar-refractivity contribution in [3.8, 4) is 5.75 Å². The van der Waals surface area contributed by atoms with Crippen molar-refractivity contribution in [3.63, 3.8) is 0 Å². The van der Waals surface area contributed by atoms with Crippen molar-refractivity contribution in [1.82, 2.24) is 10.3 Å². The van der Waals surface area contributed by atoms with Gasteiger partial charge in [0.25, 0.3) is 5.91 Å². The summed E-state index contributed by atoms with van der Waals surface area (Å²) in [7, 11) is 1.68. The number of methoxy groups -OCH3 is 1. The Balaban J connectivity index is 1.75. The summed E-state index contributed by atoms with van der Waals surface area (Å²) in [6.07, 6.45) is 2.52. The average molecular weight is 342 g/mol. The molecule has 0 unspecified atom stereocenters. The van der Waals surface area contributed by atoms with E-state index in [0.717, 1.165) is 23.4 Å². The van der Waals surface area contributed by atoms with E-state index in [1.165, 1.54) is 11.1 Å². The molecule has 1 aliphatic heterocycles. The largest absolute Gasteiger partial charge is 0.497 e. The van der Waals surface area contributed by atoms with Crippen molar-refractivity contribution < 1.29 is 9.53 Å². The molecule has 4 nitrogen and oxygen atoms in total. The third kappa shape index (κ3) is 1.96. The first-order valence-corrected chi connectivity index (χ1v) is 8.74. The van der Waals surface area contributed by atoms with Gasteiger partial charge >= 0.3 is 0 Å². The number of carbonyl (C=O) groups is 1. The molecular weight excluding hydrogens is 324 g/mol. The van der Waals surface area contributed by atoms with Crippen LogP contribution in [0.15, 0.2) is 66.9 Å². The van der Waals surface area contributed by atoms with E-state index < -0.39 is 5.54 Å². The molecule has 3 aromatic rings. The summed E-state index contributed by atoms with van der Waals surface area (Å²) in [4.78, 5) is 17.2. The molecule has 0 fully saturated rings. The Morgan fingerprint density at radius 1 is 1.12 bits per heavy atom. The summed E-state index contributed by atoms with van der Waals surface area (Å²) in [5.41, 5.74) is 4.46. The molecule has 1 aromatic heterocycles. The Kier molecular flexibility index (Phi) is 3.16. The fourth-order valence-corrected chi connectivity index (χ4v) is 4.45. The fraction of sp³-hybridized carbons (Fsp3) is 0.182. The van der Waals surface area contributed by atoms with Gasteiger partial charge in [-0.3, -0.25) is 9.78 Å². The van der Waals surface area contributed by atoms with Crippen LogP contribution in [0.1, 0.15) is 45.1 Å². The van der Waals surface area contributed by atoms with Crippen LogP contribution < -0.4 is 10.1 Å². The molecule has 1 aliphatic carbocycles. The second kappa shape index (κ2) is 5.43. The third-order valence-electron chi connectivity index (χ3n) is 5.59. The Hall–Kier alpha value is -3.14. The van der Waals surface area contributed by atoms with Crippen molar-refractivity contribution >= 4 is 5.91 Å². The van der Waals surface area contributed by atoms with Crippen molar-refractivity contribution in [2.45, 2.75) is 17.9 Å². The average Bonchev–Trinajstić information content (AvgIpc) is 3.18. The highest BCUT2D eigenvalue weighted by Gasteiger charge is 2.52. The predicted octanol–water partition coefficient (Wildman–Crippen LogP) is 3.61. The van der Waals surface area contributed by atoms with E-state index in [0.29, 0.717) is 5.56 Å². The molecule has 0 bridgehead atoms. The van der Waals surface area contributed by atoms with Crippen LogP contribution in [0.2, 0.25) is 0 Å². The maximum atomic E-state index is 12.6. The minimum Gasteiger partial charge on any atom is -0.497 e. The highest BCUT2D eigenvalue weighted by molar-refractivity contribution is 6.00. The predicted molar refractivity (Wildman–Crippen MR) is 98.4 cm³/mol. The summed E-state index contributed by atoms with van der Waals surface area (Å²) in [5, 5.41) is 3.25. The van der Waals surface area contributed by atoms with E-state index in [1.54, 1.807) is 13.3 Å². The molecule has 1 spiro atoms. The van der Waals surface area contributed by atoms with E-state index >= 15 is 0 Å². The van der Waals surface area contributed by atoms with Gasteiger partial charge in [-0.25, -0.2) is 0 Å². The van der Waals surface area contributed by atoms with Crippen LogP contribution in [0.4, 0.5) is 0 Å². The van der Waals surface area contributed by atoms with Gasteiger partial charge in [-0.05, 0) is 47.4 Å². The standard InChI is InChI=1S/C22H18N2O2/c1-26-15-9-10-19-17(12-15)18(14-6-3-2-4-7-14)13-22(19)20-16(21(25)24-22)8-5-11-23-20/h2-12,18H,13H2,1H3,(H,24,25)/t18-,22+/m1/s1. The summed E-state index contributed by atoms with van der Waals surface area (Å²) in [6.45, 7) is 0. The molecule has 4 heteroatoms. The highest BCUT2D eigenvalue weighted by Crippen LogP contribution is 2.53. The molecule has 1 N–H and O–H groups in total. The van der Waals surface area contributed by atoms with Gasteiger partial charge in [-0.1, -0.05) is 36.4 Å². The molecule has 0 saturated heterocycles. The molecular formula is C22H18N2O2. The number of amides is 1. The lowest BCUT2D eigenvalue weighted by Gasteiger charge is -2.26. The molecule has 2 atom stereocenters. The minimum atomic E-state index is -0.574.